The maximum absolute atomic E-state index is 11.8. The monoisotopic (exact) mass is 238 g/mol. The predicted molar refractivity (Wildman–Crippen MR) is 61.3 cm³/mol. The lowest BCUT2D eigenvalue weighted by Crippen LogP contribution is -2.44. The quantitative estimate of drug-likeness (QED) is 0.839. The van der Waals surface area contributed by atoms with Crippen LogP contribution in [0.3, 0.4) is 0 Å². The number of rotatable bonds is 2. The van der Waals surface area contributed by atoms with Gasteiger partial charge in [-0.15, -0.1) is 0 Å². The third-order valence-corrected chi connectivity index (χ3v) is 2.95. The Bertz CT molecular complexity index is 473. The SMILES string of the molecule is CC(C(N)=O)N1C(=O)Cc2cc(Cl)ccc21. The highest BCUT2D eigenvalue weighted by Crippen LogP contribution is 2.32. The second kappa shape index (κ2) is 3.79. The number of fused-ring (bicyclic) bond motifs is 1. The van der Waals surface area contributed by atoms with Gasteiger partial charge in [0.05, 0.1) is 6.42 Å². The van der Waals surface area contributed by atoms with Crippen molar-refractivity contribution < 1.29 is 9.59 Å². The minimum absolute atomic E-state index is 0.122. The van der Waals surface area contributed by atoms with Crippen LogP contribution in [0.25, 0.3) is 0 Å². The van der Waals surface area contributed by atoms with Crippen LogP contribution in [0.1, 0.15) is 12.5 Å². The normalized spacial score (nSPS) is 16.1. The molecule has 0 fully saturated rings. The van der Waals surface area contributed by atoms with Crippen LogP contribution < -0.4 is 10.6 Å². The molecule has 1 unspecified atom stereocenters. The molecule has 0 aliphatic carbocycles. The molecule has 16 heavy (non-hydrogen) atoms. The average Bonchev–Trinajstić information content (AvgIpc) is 2.51. The molecule has 0 radical (unpaired) electrons. The maximum Gasteiger partial charge on any atom is 0.240 e. The highest BCUT2D eigenvalue weighted by Gasteiger charge is 2.33. The summed E-state index contributed by atoms with van der Waals surface area (Å²) < 4.78 is 0. The number of carbonyl (C=O) groups excluding carboxylic acids is 2. The Kier molecular flexibility index (Phi) is 2.59. The fraction of sp³-hybridized carbons (Fsp3) is 0.273. The zero-order chi connectivity index (χ0) is 11.9. The maximum atomic E-state index is 11.8. The Hall–Kier alpha value is -1.55. The molecule has 1 heterocycles. The van der Waals surface area contributed by atoms with Crippen LogP contribution in [-0.2, 0) is 16.0 Å². The van der Waals surface area contributed by atoms with Crippen molar-refractivity contribution in [1.82, 2.24) is 0 Å². The lowest BCUT2D eigenvalue weighted by atomic mass is 10.1. The van der Waals surface area contributed by atoms with E-state index >= 15 is 0 Å². The van der Waals surface area contributed by atoms with E-state index < -0.39 is 11.9 Å². The minimum atomic E-state index is -0.630. The summed E-state index contributed by atoms with van der Waals surface area (Å²) in [7, 11) is 0. The zero-order valence-corrected chi connectivity index (χ0v) is 9.49. The lowest BCUT2D eigenvalue weighted by molar-refractivity contribution is -0.123. The van der Waals surface area contributed by atoms with Gasteiger partial charge in [-0.05, 0) is 30.7 Å². The number of amides is 2. The molecule has 84 valence electrons. The number of primary amides is 1. The molecule has 5 heteroatoms. The first kappa shape index (κ1) is 11.0. The molecule has 0 bridgehead atoms. The second-order valence-electron chi connectivity index (χ2n) is 3.79. The number of hydrogen-bond donors (Lipinski definition) is 1. The molecule has 0 aromatic heterocycles. The number of nitrogens with zero attached hydrogens (tertiary/aromatic N) is 1. The molecule has 2 rings (SSSR count). The van der Waals surface area contributed by atoms with Crippen LogP contribution in [0, 0.1) is 0 Å². The van der Waals surface area contributed by atoms with Crippen molar-refractivity contribution in [3.63, 3.8) is 0 Å². The third kappa shape index (κ3) is 1.65. The minimum Gasteiger partial charge on any atom is -0.368 e. The van der Waals surface area contributed by atoms with Crippen molar-refractivity contribution in [2.45, 2.75) is 19.4 Å². The fourth-order valence-corrected chi connectivity index (χ4v) is 2.06. The predicted octanol–water partition coefficient (Wildman–Crippen LogP) is 1.10. The van der Waals surface area contributed by atoms with Crippen LogP contribution in [0.2, 0.25) is 5.02 Å². The number of hydrogen-bond acceptors (Lipinski definition) is 2. The van der Waals surface area contributed by atoms with Gasteiger partial charge in [-0.3, -0.25) is 14.5 Å². The van der Waals surface area contributed by atoms with Crippen molar-refractivity contribution in [2.24, 2.45) is 5.73 Å². The van der Waals surface area contributed by atoms with Gasteiger partial charge in [0.15, 0.2) is 0 Å². The molecule has 2 N–H and O–H groups in total. The number of carbonyl (C=O) groups is 2. The third-order valence-electron chi connectivity index (χ3n) is 2.71. The summed E-state index contributed by atoms with van der Waals surface area (Å²) in [6.07, 6.45) is 0.271. The summed E-state index contributed by atoms with van der Waals surface area (Å²) in [5.41, 5.74) is 6.77. The summed E-state index contributed by atoms with van der Waals surface area (Å²) in [6.45, 7) is 1.62. The summed E-state index contributed by atoms with van der Waals surface area (Å²) in [5, 5.41) is 0.583. The van der Waals surface area contributed by atoms with E-state index in [1.54, 1.807) is 25.1 Å². The van der Waals surface area contributed by atoms with E-state index in [-0.39, 0.29) is 12.3 Å². The van der Waals surface area contributed by atoms with Gasteiger partial charge < -0.3 is 5.73 Å². The molecule has 1 aliphatic rings. The van der Waals surface area contributed by atoms with Gasteiger partial charge in [-0.2, -0.15) is 0 Å². The smallest absolute Gasteiger partial charge is 0.240 e. The van der Waals surface area contributed by atoms with E-state index in [9.17, 15) is 9.59 Å². The summed E-state index contributed by atoms with van der Waals surface area (Å²) in [6, 6.07) is 4.54. The molecular weight excluding hydrogens is 228 g/mol. The van der Waals surface area contributed by atoms with Gasteiger partial charge in [0.1, 0.15) is 6.04 Å². The highest BCUT2D eigenvalue weighted by molar-refractivity contribution is 6.31. The molecule has 0 spiro atoms. The van der Waals surface area contributed by atoms with E-state index in [0.717, 1.165) is 11.3 Å². The largest absolute Gasteiger partial charge is 0.368 e. The van der Waals surface area contributed by atoms with Gasteiger partial charge in [0.25, 0.3) is 0 Å². The van der Waals surface area contributed by atoms with Crippen molar-refractivity contribution in [1.29, 1.82) is 0 Å². The standard InChI is InChI=1S/C11H11ClN2O2/c1-6(11(13)16)14-9-3-2-8(12)4-7(9)5-10(14)15/h2-4,6H,5H2,1H3,(H2,13,16). The lowest BCUT2D eigenvalue weighted by Gasteiger charge is -2.22. The van der Waals surface area contributed by atoms with Crippen LogP contribution >= 0.6 is 11.6 Å². The summed E-state index contributed by atoms with van der Waals surface area (Å²) in [5.74, 6) is -0.639. The Balaban J connectivity index is 2.44. The Morgan fingerprint density at radius 2 is 2.25 bits per heavy atom. The summed E-state index contributed by atoms with van der Waals surface area (Å²) >= 11 is 5.84. The van der Waals surface area contributed by atoms with E-state index in [2.05, 4.69) is 0 Å². The van der Waals surface area contributed by atoms with E-state index in [4.69, 9.17) is 17.3 Å². The van der Waals surface area contributed by atoms with E-state index in [1.807, 2.05) is 0 Å². The first-order valence-corrected chi connectivity index (χ1v) is 5.28. The summed E-state index contributed by atoms with van der Waals surface area (Å²) in [4.78, 5) is 24.3. The highest BCUT2D eigenvalue weighted by atomic mass is 35.5. The number of benzene rings is 1. The van der Waals surface area contributed by atoms with Crippen molar-refractivity contribution in [2.75, 3.05) is 4.90 Å². The topological polar surface area (TPSA) is 63.4 Å². The van der Waals surface area contributed by atoms with Gasteiger partial charge in [-0.1, -0.05) is 11.6 Å². The first-order chi connectivity index (χ1) is 7.50. The van der Waals surface area contributed by atoms with Crippen LogP contribution in [-0.4, -0.2) is 17.9 Å². The molecule has 1 aromatic carbocycles. The Labute approximate surface area is 98.0 Å². The van der Waals surface area contributed by atoms with Crippen LogP contribution in [0.4, 0.5) is 5.69 Å². The molecule has 0 saturated heterocycles. The molecule has 0 saturated carbocycles. The van der Waals surface area contributed by atoms with Gasteiger partial charge in [0.2, 0.25) is 11.8 Å². The van der Waals surface area contributed by atoms with Crippen molar-refractivity contribution >= 4 is 29.1 Å². The second-order valence-corrected chi connectivity index (χ2v) is 4.23. The van der Waals surface area contributed by atoms with E-state index in [0.29, 0.717) is 5.02 Å². The van der Waals surface area contributed by atoms with Crippen molar-refractivity contribution in [3.8, 4) is 0 Å². The molecular formula is C11H11ClN2O2. The van der Waals surface area contributed by atoms with Crippen LogP contribution in [0.15, 0.2) is 18.2 Å². The number of nitrogens with two attached hydrogens (primary N) is 1. The molecule has 1 aliphatic heterocycles. The zero-order valence-electron chi connectivity index (χ0n) is 8.74. The molecule has 1 atom stereocenters. The van der Waals surface area contributed by atoms with Gasteiger partial charge in [0, 0.05) is 10.7 Å². The van der Waals surface area contributed by atoms with E-state index in [1.165, 1.54) is 4.90 Å². The molecule has 4 nitrogen and oxygen atoms in total. The average molecular weight is 239 g/mol. The van der Waals surface area contributed by atoms with Crippen LogP contribution in [0.5, 0.6) is 0 Å². The first-order valence-electron chi connectivity index (χ1n) is 4.90. The number of halogens is 1. The number of anilines is 1. The fourth-order valence-electron chi connectivity index (χ4n) is 1.86. The Morgan fingerprint density at radius 3 is 2.88 bits per heavy atom. The van der Waals surface area contributed by atoms with Gasteiger partial charge in [-0.25, -0.2) is 0 Å². The van der Waals surface area contributed by atoms with Gasteiger partial charge >= 0.3 is 0 Å². The Morgan fingerprint density at radius 1 is 1.56 bits per heavy atom. The van der Waals surface area contributed by atoms with Crippen molar-refractivity contribution in [3.05, 3.63) is 28.8 Å². The molecule has 1 aromatic rings. The molecule has 2 amide bonds.